The molecule has 1 heterocycles. The first-order valence-electron chi connectivity index (χ1n) is 8.38. The molecule has 4 heteroatoms. The van der Waals surface area contributed by atoms with Crippen molar-refractivity contribution in [2.45, 2.75) is 0 Å². The molecule has 4 rings (SSSR count). The predicted molar refractivity (Wildman–Crippen MR) is 104 cm³/mol. The van der Waals surface area contributed by atoms with E-state index in [1.54, 1.807) is 0 Å². The van der Waals surface area contributed by atoms with Crippen LogP contribution in [0.25, 0.3) is 10.9 Å². The van der Waals surface area contributed by atoms with Gasteiger partial charge in [0.15, 0.2) is 0 Å². The van der Waals surface area contributed by atoms with Gasteiger partial charge in [-0.3, -0.25) is 4.79 Å². The van der Waals surface area contributed by atoms with Gasteiger partial charge in [-0.1, -0.05) is 78.9 Å². The maximum atomic E-state index is 12.5. The smallest absolute Gasteiger partial charge is 0.287 e. The number of nitrogens with zero attached hydrogens (tertiary/aromatic N) is 1. The lowest BCUT2D eigenvalue weighted by molar-refractivity contribution is 0.0951. The fourth-order valence-corrected chi connectivity index (χ4v) is 2.85. The summed E-state index contributed by atoms with van der Waals surface area (Å²) < 4.78 is 0. The number of fused-ring (bicyclic) bond motifs is 1. The van der Waals surface area contributed by atoms with Gasteiger partial charge >= 0.3 is 0 Å². The summed E-state index contributed by atoms with van der Waals surface area (Å²) in [5.41, 5.74) is 6.68. The zero-order valence-corrected chi connectivity index (χ0v) is 14.0. The molecule has 3 aromatic carbocycles. The molecule has 1 aromatic heterocycles. The molecule has 0 aliphatic carbocycles. The number of aromatic amines is 1. The SMILES string of the molecule is O=C(NN=C(c1ccccc1)c1ccccc1)c1cc2ccccc2[nH]1. The van der Waals surface area contributed by atoms with Crippen molar-refractivity contribution in [1.82, 2.24) is 10.4 Å². The van der Waals surface area contributed by atoms with Crippen LogP contribution in [0.5, 0.6) is 0 Å². The van der Waals surface area contributed by atoms with E-state index in [0.29, 0.717) is 5.69 Å². The molecule has 0 unspecified atom stereocenters. The Hall–Kier alpha value is -3.66. The second-order valence-corrected chi connectivity index (χ2v) is 5.90. The lowest BCUT2D eigenvalue weighted by Gasteiger charge is -2.07. The normalized spacial score (nSPS) is 10.5. The van der Waals surface area contributed by atoms with Crippen LogP contribution < -0.4 is 5.43 Å². The Morgan fingerprint density at radius 1 is 0.769 bits per heavy atom. The molecule has 0 saturated carbocycles. The van der Waals surface area contributed by atoms with Gasteiger partial charge < -0.3 is 4.98 Å². The zero-order valence-electron chi connectivity index (χ0n) is 14.0. The average Bonchev–Trinajstić information content (AvgIpc) is 3.14. The van der Waals surface area contributed by atoms with Crippen LogP contribution in [0.2, 0.25) is 0 Å². The monoisotopic (exact) mass is 339 g/mol. The molecule has 4 aromatic rings. The Labute approximate surface area is 151 Å². The number of amides is 1. The minimum absolute atomic E-state index is 0.273. The molecule has 26 heavy (non-hydrogen) atoms. The third kappa shape index (κ3) is 3.26. The first-order chi connectivity index (χ1) is 12.8. The van der Waals surface area contributed by atoms with Crippen molar-refractivity contribution >= 4 is 22.5 Å². The van der Waals surface area contributed by atoms with Crippen molar-refractivity contribution in [2.75, 3.05) is 0 Å². The molecule has 0 fully saturated rings. The third-order valence-corrected chi connectivity index (χ3v) is 4.14. The number of hydrogen-bond acceptors (Lipinski definition) is 2. The molecule has 0 spiro atoms. The highest BCUT2D eigenvalue weighted by atomic mass is 16.2. The number of nitrogens with one attached hydrogen (secondary N) is 2. The van der Waals surface area contributed by atoms with Gasteiger partial charge in [-0.25, -0.2) is 5.43 Å². The van der Waals surface area contributed by atoms with Crippen molar-refractivity contribution in [2.24, 2.45) is 5.10 Å². The molecule has 0 aliphatic rings. The van der Waals surface area contributed by atoms with Crippen LogP contribution in [0, 0.1) is 0 Å². The fraction of sp³-hybridized carbons (Fsp3) is 0. The highest BCUT2D eigenvalue weighted by Gasteiger charge is 2.11. The first-order valence-corrected chi connectivity index (χ1v) is 8.38. The van der Waals surface area contributed by atoms with Crippen molar-refractivity contribution in [3.63, 3.8) is 0 Å². The summed E-state index contributed by atoms with van der Waals surface area (Å²) in [4.78, 5) is 15.6. The lowest BCUT2D eigenvalue weighted by Crippen LogP contribution is -2.21. The van der Waals surface area contributed by atoms with Gasteiger partial charge in [-0.2, -0.15) is 5.10 Å². The van der Waals surface area contributed by atoms with E-state index >= 15 is 0 Å². The second-order valence-electron chi connectivity index (χ2n) is 5.90. The van der Waals surface area contributed by atoms with Gasteiger partial charge in [-0.05, 0) is 12.1 Å². The third-order valence-electron chi connectivity index (χ3n) is 4.14. The van der Waals surface area contributed by atoms with Crippen LogP contribution in [0.15, 0.2) is 96.1 Å². The molecule has 0 aliphatic heterocycles. The summed E-state index contributed by atoms with van der Waals surface area (Å²) in [5, 5.41) is 5.40. The van der Waals surface area contributed by atoms with Crippen LogP contribution >= 0.6 is 0 Å². The number of para-hydroxylation sites is 1. The maximum Gasteiger partial charge on any atom is 0.287 e. The summed E-state index contributed by atoms with van der Waals surface area (Å²) in [6, 6.07) is 29.2. The van der Waals surface area contributed by atoms with E-state index in [1.807, 2.05) is 91.0 Å². The minimum Gasteiger partial charge on any atom is -0.350 e. The predicted octanol–water partition coefficient (Wildman–Crippen LogP) is 4.35. The summed E-state index contributed by atoms with van der Waals surface area (Å²) in [6.45, 7) is 0. The number of hydrazone groups is 1. The summed E-state index contributed by atoms with van der Waals surface area (Å²) in [6.07, 6.45) is 0. The van der Waals surface area contributed by atoms with E-state index in [4.69, 9.17) is 0 Å². The second kappa shape index (κ2) is 7.07. The largest absolute Gasteiger partial charge is 0.350 e. The van der Waals surface area contributed by atoms with Crippen molar-refractivity contribution in [1.29, 1.82) is 0 Å². The van der Waals surface area contributed by atoms with E-state index in [9.17, 15) is 4.79 Å². The Balaban J connectivity index is 1.65. The van der Waals surface area contributed by atoms with Crippen molar-refractivity contribution in [3.8, 4) is 0 Å². The Morgan fingerprint density at radius 3 is 1.96 bits per heavy atom. The zero-order chi connectivity index (χ0) is 17.8. The molecule has 1 amide bonds. The van der Waals surface area contributed by atoms with Crippen LogP contribution in [0.4, 0.5) is 0 Å². The van der Waals surface area contributed by atoms with Gasteiger partial charge in [0.25, 0.3) is 5.91 Å². The summed E-state index contributed by atoms with van der Waals surface area (Å²) in [5.74, 6) is -0.273. The van der Waals surface area contributed by atoms with Gasteiger partial charge in [-0.15, -0.1) is 0 Å². The van der Waals surface area contributed by atoms with Crippen molar-refractivity contribution < 1.29 is 4.79 Å². The van der Waals surface area contributed by atoms with Gasteiger partial charge in [0.05, 0.1) is 5.71 Å². The standard InChI is InChI=1S/C22H17N3O/c26-22(20-15-18-13-7-8-14-19(18)23-20)25-24-21(16-9-3-1-4-10-16)17-11-5-2-6-12-17/h1-15,23H,(H,25,26). The molecule has 0 bridgehead atoms. The summed E-state index contributed by atoms with van der Waals surface area (Å²) in [7, 11) is 0. The lowest BCUT2D eigenvalue weighted by atomic mass is 10.0. The number of H-pyrrole nitrogens is 1. The van der Waals surface area contributed by atoms with Gasteiger partial charge in [0.2, 0.25) is 0 Å². The van der Waals surface area contributed by atoms with Gasteiger partial charge in [0.1, 0.15) is 5.69 Å². The fourth-order valence-electron chi connectivity index (χ4n) is 2.85. The molecule has 126 valence electrons. The van der Waals surface area contributed by atoms with E-state index in [2.05, 4.69) is 15.5 Å². The van der Waals surface area contributed by atoms with E-state index in [-0.39, 0.29) is 5.91 Å². The molecular weight excluding hydrogens is 322 g/mol. The van der Waals surface area contributed by atoms with Gasteiger partial charge in [0, 0.05) is 22.0 Å². The highest BCUT2D eigenvalue weighted by Crippen LogP contribution is 2.15. The first kappa shape index (κ1) is 15.8. The molecule has 0 radical (unpaired) electrons. The molecule has 0 saturated heterocycles. The highest BCUT2D eigenvalue weighted by molar-refractivity contribution is 6.13. The van der Waals surface area contributed by atoms with E-state index in [1.165, 1.54) is 0 Å². The number of hydrogen-bond donors (Lipinski definition) is 2. The number of aromatic nitrogens is 1. The number of benzene rings is 3. The molecule has 0 atom stereocenters. The molecule has 4 nitrogen and oxygen atoms in total. The van der Waals surface area contributed by atoms with Crippen molar-refractivity contribution in [3.05, 3.63) is 108 Å². The topological polar surface area (TPSA) is 57.2 Å². The van der Waals surface area contributed by atoms with Crippen LogP contribution in [-0.2, 0) is 0 Å². The number of carbonyl (C=O) groups is 1. The quantitative estimate of drug-likeness (QED) is 0.421. The number of carbonyl (C=O) groups excluding carboxylic acids is 1. The summed E-state index contributed by atoms with van der Waals surface area (Å²) >= 11 is 0. The van der Waals surface area contributed by atoms with E-state index < -0.39 is 0 Å². The Bertz CT molecular complexity index is 992. The molecular formula is C22H17N3O. The maximum absolute atomic E-state index is 12.5. The molecule has 2 N–H and O–H groups in total. The minimum atomic E-state index is -0.273. The van der Waals surface area contributed by atoms with Crippen LogP contribution in [0.1, 0.15) is 21.6 Å². The van der Waals surface area contributed by atoms with Crippen LogP contribution in [-0.4, -0.2) is 16.6 Å². The van der Waals surface area contributed by atoms with E-state index in [0.717, 1.165) is 27.7 Å². The Morgan fingerprint density at radius 2 is 1.35 bits per heavy atom. The Kier molecular flexibility index (Phi) is 4.31. The average molecular weight is 339 g/mol. The number of rotatable bonds is 4. The van der Waals surface area contributed by atoms with Crippen LogP contribution in [0.3, 0.4) is 0 Å².